The van der Waals surface area contributed by atoms with Crippen LogP contribution >= 0.6 is 0 Å². The molecule has 2 saturated carbocycles. The summed E-state index contributed by atoms with van der Waals surface area (Å²) >= 11 is 0. The lowest BCUT2D eigenvalue weighted by Crippen LogP contribution is -2.40. The third-order valence-electron chi connectivity index (χ3n) is 6.54. The van der Waals surface area contributed by atoms with Gasteiger partial charge in [0.2, 0.25) is 0 Å². The topological polar surface area (TPSA) is 119 Å². The molecule has 0 amide bonds. The van der Waals surface area contributed by atoms with Crippen molar-refractivity contribution >= 4 is 17.1 Å². The third kappa shape index (κ3) is 3.11. The van der Waals surface area contributed by atoms with Gasteiger partial charge < -0.3 is 14.8 Å². The Bertz CT molecular complexity index is 1060. The third-order valence-corrected chi connectivity index (χ3v) is 6.54. The fraction of sp³-hybridized carbons (Fsp3) is 0.700. The Labute approximate surface area is 167 Å². The fourth-order valence-electron chi connectivity index (χ4n) is 5.15. The van der Waals surface area contributed by atoms with Crippen LogP contribution in [0.4, 0.5) is 0 Å². The van der Waals surface area contributed by atoms with Crippen molar-refractivity contribution in [2.45, 2.75) is 82.9 Å². The second-order valence-corrected chi connectivity index (χ2v) is 8.50. The molecule has 2 aromatic heterocycles. The Hall–Kier alpha value is -2.42. The van der Waals surface area contributed by atoms with Gasteiger partial charge in [-0.25, -0.2) is 14.6 Å². The highest BCUT2D eigenvalue weighted by Crippen LogP contribution is 2.58. The van der Waals surface area contributed by atoms with E-state index in [0.717, 1.165) is 37.9 Å². The van der Waals surface area contributed by atoms with Crippen LogP contribution in [0.5, 0.6) is 0 Å². The molecule has 9 nitrogen and oxygen atoms in total. The van der Waals surface area contributed by atoms with Crippen molar-refractivity contribution < 1.29 is 14.6 Å². The van der Waals surface area contributed by atoms with Crippen molar-refractivity contribution in [3.63, 3.8) is 0 Å². The van der Waals surface area contributed by atoms with E-state index < -0.39 is 11.6 Å². The number of carboxylic acid groups (broad SMARTS) is 1. The zero-order chi connectivity index (χ0) is 20.8. The molecule has 29 heavy (non-hydrogen) atoms. The molecule has 0 unspecified atom stereocenters. The highest BCUT2D eigenvalue weighted by Gasteiger charge is 2.57. The summed E-state index contributed by atoms with van der Waals surface area (Å²) in [6, 6.07) is 0. The maximum atomic E-state index is 13.0. The van der Waals surface area contributed by atoms with Crippen molar-refractivity contribution in [3.8, 4) is 0 Å². The summed E-state index contributed by atoms with van der Waals surface area (Å²) in [6.07, 6.45) is 5.35. The summed E-state index contributed by atoms with van der Waals surface area (Å²) in [6.45, 7) is 4.51. The molecule has 2 bridgehead atoms. The van der Waals surface area contributed by atoms with Crippen LogP contribution in [0.2, 0.25) is 0 Å². The summed E-state index contributed by atoms with van der Waals surface area (Å²) in [5, 5.41) is 8.97. The number of nitrogens with one attached hydrogen (secondary N) is 1. The number of aromatic amines is 1. The summed E-state index contributed by atoms with van der Waals surface area (Å²) < 4.78 is 8.65. The summed E-state index contributed by atoms with van der Waals surface area (Å²) in [5.41, 5.74) is -0.506. The Morgan fingerprint density at radius 2 is 1.79 bits per heavy atom. The van der Waals surface area contributed by atoms with Gasteiger partial charge >= 0.3 is 11.7 Å². The van der Waals surface area contributed by atoms with Gasteiger partial charge in [0.25, 0.3) is 5.56 Å². The number of aryl methyl sites for hydroxylation is 1. The molecule has 9 heteroatoms. The van der Waals surface area contributed by atoms with Crippen molar-refractivity contribution in [1.29, 1.82) is 0 Å². The summed E-state index contributed by atoms with van der Waals surface area (Å²) in [5.74, 6) is -0.242. The number of hydrogen-bond donors (Lipinski definition) is 2. The Morgan fingerprint density at radius 3 is 2.41 bits per heavy atom. The molecule has 0 atom stereocenters. The van der Waals surface area contributed by atoms with Crippen LogP contribution in [-0.2, 0) is 28.0 Å². The zero-order valence-electron chi connectivity index (χ0n) is 17.0. The molecule has 0 spiro atoms. The van der Waals surface area contributed by atoms with E-state index in [1.165, 1.54) is 4.57 Å². The lowest BCUT2D eigenvalue weighted by molar-refractivity contribution is -0.149. The van der Waals surface area contributed by atoms with Crippen LogP contribution in [0.1, 0.15) is 64.6 Å². The van der Waals surface area contributed by atoms with E-state index in [9.17, 15) is 14.4 Å². The van der Waals surface area contributed by atoms with Crippen LogP contribution in [0.3, 0.4) is 0 Å². The maximum Gasteiger partial charge on any atom is 0.332 e. The number of carboxylic acids is 1. The van der Waals surface area contributed by atoms with E-state index in [1.807, 2.05) is 13.8 Å². The van der Waals surface area contributed by atoms with Crippen LogP contribution in [0, 0.1) is 0 Å². The summed E-state index contributed by atoms with van der Waals surface area (Å²) in [7, 11) is 0. The number of rotatable bonds is 8. The van der Waals surface area contributed by atoms with Gasteiger partial charge in [-0.2, -0.15) is 0 Å². The van der Waals surface area contributed by atoms with Gasteiger partial charge in [-0.05, 0) is 44.9 Å². The average molecular weight is 404 g/mol. The molecule has 2 fully saturated rings. The number of aromatic nitrogens is 4. The molecule has 4 rings (SSSR count). The number of hydrogen-bond acceptors (Lipinski definition) is 5. The maximum absolute atomic E-state index is 13.0. The van der Waals surface area contributed by atoms with Gasteiger partial charge in [0, 0.05) is 18.5 Å². The zero-order valence-corrected chi connectivity index (χ0v) is 17.0. The smallest absolute Gasteiger partial charge is 0.332 e. The molecule has 2 N–H and O–H groups in total. The molecular weight excluding hydrogens is 376 g/mol. The van der Waals surface area contributed by atoms with Crippen molar-refractivity contribution in [2.75, 3.05) is 6.61 Å². The normalized spacial score (nSPS) is 25.9. The first kappa shape index (κ1) is 19.9. The second-order valence-electron chi connectivity index (χ2n) is 8.50. The standard InChI is InChI=1S/C20H28N4O5/c1-3-9-23-15-14(16(27)24(10-4-2)18(23)28)21-17(22-15)19-5-7-20(12-19,8-6-19)29-11-13(25)26/h3-12H2,1-2H3,(H,21,22)(H,25,26). The van der Waals surface area contributed by atoms with Gasteiger partial charge in [0.05, 0.1) is 5.60 Å². The largest absolute Gasteiger partial charge is 0.480 e. The minimum Gasteiger partial charge on any atom is -0.480 e. The number of imidazole rings is 1. The van der Waals surface area contributed by atoms with E-state index in [2.05, 4.69) is 4.98 Å². The number of carbonyl (C=O) groups is 1. The monoisotopic (exact) mass is 404 g/mol. The number of nitrogens with zero attached hydrogens (tertiary/aromatic N) is 3. The Morgan fingerprint density at radius 1 is 1.14 bits per heavy atom. The van der Waals surface area contributed by atoms with Gasteiger partial charge in [0.1, 0.15) is 17.9 Å². The average Bonchev–Trinajstić information content (AvgIpc) is 3.39. The highest BCUT2D eigenvalue weighted by molar-refractivity contribution is 5.70. The lowest BCUT2D eigenvalue weighted by atomic mass is 9.83. The van der Waals surface area contributed by atoms with Crippen LogP contribution < -0.4 is 11.2 Å². The summed E-state index contributed by atoms with van der Waals surface area (Å²) in [4.78, 5) is 44.8. The Balaban J connectivity index is 1.78. The number of H-pyrrole nitrogens is 1. The minimum atomic E-state index is -0.965. The minimum absolute atomic E-state index is 0.257. The predicted molar refractivity (Wildman–Crippen MR) is 106 cm³/mol. The van der Waals surface area contributed by atoms with Crippen LogP contribution in [0.25, 0.3) is 11.2 Å². The quantitative estimate of drug-likeness (QED) is 0.692. The van der Waals surface area contributed by atoms with Gasteiger partial charge in [-0.1, -0.05) is 13.8 Å². The number of aliphatic carboxylic acids is 1. The first-order chi connectivity index (χ1) is 13.8. The number of ether oxygens (including phenoxy) is 1. The Kier molecular flexibility index (Phi) is 4.88. The molecule has 0 radical (unpaired) electrons. The predicted octanol–water partition coefficient (Wildman–Crippen LogP) is 1.76. The van der Waals surface area contributed by atoms with E-state index in [1.54, 1.807) is 4.57 Å². The molecule has 0 aromatic carbocycles. The first-order valence-corrected chi connectivity index (χ1v) is 10.4. The van der Waals surface area contributed by atoms with Gasteiger partial charge in [-0.3, -0.25) is 13.9 Å². The first-order valence-electron chi connectivity index (χ1n) is 10.4. The van der Waals surface area contributed by atoms with Crippen molar-refractivity contribution in [2.24, 2.45) is 0 Å². The fourth-order valence-corrected chi connectivity index (χ4v) is 5.15. The lowest BCUT2D eigenvalue weighted by Gasteiger charge is -2.26. The van der Waals surface area contributed by atoms with Crippen LogP contribution in [-0.4, -0.2) is 42.4 Å². The molecule has 2 aromatic rings. The molecule has 0 aliphatic heterocycles. The second kappa shape index (κ2) is 7.12. The van der Waals surface area contributed by atoms with Crippen LogP contribution in [0.15, 0.2) is 9.59 Å². The van der Waals surface area contributed by atoms with Gasteiger partial charge in [-0.15, -0.1) is 0 Å². The van der Waals surface area contributed by atoms with Crippen molar-refractivity contribution in [1.82, 2.24) is 19.1 Å². The molecule has 0 saturated heterocycles. The molecule has 2 heterocycles. The van der Waals surface area contributed by atoms with Gasteiger partial charge in [0.15, 0.2) is 5.65 Å². The van der Waals surface area contributed by atoms with Crippen molar-refractivity contribution in [3.05, 3.63) is 26.7 Å². The van der Waals surface area contributed by atoms with E-state index in [-0.39, 0.29) is 23.3 Å². The van der Waals surface area contributed by atoms with E-state index in [4.69, 9.17) is 14.8 Å². The molecule has 2 aliphatic rings. The molecular formula is C20H28N4O5. The molecule has 2 aliphatic carbocycles. The highest BCUT2D eigenvalue weighted by atomic mass is 16.5. The molecule has 158 valence electrons. The van der Waals surface area contributed by atoms with E-state index >= 15 is 0 Å². The SMILES string of the molecule is CCCn1c(=O)c2[nH]c(C34CCC(OCC(=O)O)(CC3)C4)nc2n(CCC)c1=O. The number of fused-ring (bicyclic) bond motifs is 3. The van der Waals surface area contributed by atoms with E-state index in [0.29, 0.717) is 37.1 Å².